The fourth-order valence-electron chi connectivity index (χ4n) is 2.12. The summed E-state index contributed by atoms with van der Waals surface area (Å²) < 4.78 is 0. The summed E-state index contributed by atoms with van der Waals surface area (Å²) in [5.74, 6) is 0.989. The van der Waals surface area contributed by atoms with Crippen molar-refractivity contribution in [3.63, 3.8) is 0 Å². The average molecular weight is 234 g/mol. The lowest BCUT2D eigenvalue weighted by Crippen LogP contribution is -2.44. The molecule has 0 saturated carbocycles. The SMILES string of the molecule is CC(=O)N1CCCC(Nc2cc(C)ncn2)C1. The molecule has 0 aliphatic carbocycles. The zero-order chi connectivity index (χ0) is 12.3. The van der Waals surface area contributed by atoms with Crippen molar-refractivity contribution >= 4 is 11.7 Å². The smallest absolute Gasteiger partial charge is 0.219 e. The van der Waals surface area contributed by atoms with Gasteiger partial charge >= 0.3 is 0 Å². The zero-order valence-corrected chi connectivity index (χ0v) is 10.3. The predicted molar refractivity (Wildman–Crippen MR) is 65.7 cm³/mol. The highest BCUT2D eigenvalue weighted by Gasteiger charge is 2.21. The average Bonchev–Trinajstić information content (AvgIpc) is 2.29. The van der Waals surface area contributed by atoms with Crippen molar-refractivity contribution in [3.8, 4) is 0 Å². The number of amides is 1. The van der Waals surface area contributed by atoms with E-state index in [4.69, 9.17) is 0 Å². The first kappa shape index (κ1) is 11.8. The third-order valence-electron chi connectivity index (χ3n) is 3.02. The Morgan fingerprint density at radius 3 is 3.06 bits per heavy atom. The number of nitrogens with zero attached hydrogens (tertiary/aromatic N) is 3. The summed E-state index contributed by atoms with van der Waals surface area (Å²) in [4.78, 5) is 21.4. The second kappa shape index (κ2) is 5.12. The van der Waals surface area contributed by atoms with Crippen LogP contribution in [-0.2, 0) is 4.79 Å². The lowest BCUT2D eigenvalue weighted by Gasteiger charge is -2.32. The number of piperidine rings is 1. The normalized spacial score (nSPS) is 20.1. The van der Waals surface area contributed by atoms with Crippen molar-refractivity contribution in [2.24, 2.45) is 0 Å². The molecule has 0 bridgehead atoms. The van der Waals surface area contributed by atoms with Crippen LogP contribution in [0.2, 0.25) is 0 Å². The van der Waals surface area contributed by atoms with Crippen LogP contribution in [0, 0.1) is 6.92 Å². The molecule has 1 atom stereocenters. The third kappa shape index (κ3) is 3.15. The molecule has 0 spiro atoms. The molecule has 2 heterocycles. The van der Waals surface area contributed by atoms with Crippen LogP contribution in [0.25, 0.3) is 0 Å². The number of anilines is 1. The number of carbonyl (C=O) groups excluding carboxylic acids is 1. The van der Waals surface area contributed by atoms with Crippen LogP contribution < -0.4 is 5.32 Å². The summed E-state index contributed by atoms with van der Waals surface area (Å²) >= 11 is 0. The van der Waals surface area contributed by atoms with E-state index in [9.17, 15) is 4.79 Å². The Bertz CT molecular complexity index is 407. The van der Waals surface area contributed by atoms with Gasteiger partial charge in [-0.1, -0.05) is 0 Å². The molecule has 0 aromatic carbocycles. The van der Waals surface area contributed by atoms with Gasteiger partial charge in [0.05, 0.1) is 0 Å². The molecule has 92 valence electrons. The molecule has 1 aromatic rings. The van der Waals surface area contributed by atoms with Gasteiger partial charge < -0.3 is 10.2 Å². The van der Waals surface area contributed by atoms with E-state index >= 15 is 0 Å². The molecule has 1 aliphatic heterocycles. The van der Waals surface area contributed by atoms with Gasteiger partial charge in [-0.3, -0.25) is 4.79 Å². The predicted octanol–water partition coefficient (Wildman–Crippen LogP) is 1.21. The van der Waals surface area contributed by atoms with Crippen molar-refractivity contribution in [3.05, 3.63) is 18.1 Å². The Morgan fingerprint density at radius 1 is 1.53 bits per heavy atom. The Hall–Kier alpha value is -1.65. The highest BCUT2D eigenvalue weighted by atomic mass is 16.2. The highest BCUT2D eigenvalue weighted by Crippen LogP contribution is 2.14. The topological polar surface area (TPSA) is 58.1 Å². The fourth-order valence-corrected chi connectivity index (χ4v) is 2.12. The lowest BCUT2D eigenvalue weighted by atomic mass is 10.1. The maximum Gasteiger partial charge on any atom is 0.219 e. The first-order chi connectivity index (χ1) is 8.15. The van der Waals surface area contributed by atoms with E-state index < -0.39 is 0 Å². The van der Waals surface area contributed by atoms with Gasteiger partial charge in [-0.2, -0.15) is 0 Å². The molecule has 1 fully saturated rings. The summed E-state index contributed by atoms with van der Waals surface area (Å²) in [6.07, 6.45) is 3.68. The minimum Gasteiger partial charge on any atom is -0.365 e. The zero-order valence-electron chi connectivity index (χ0n) is 10.3. The number of rotatable bonds is 2. The van der Waals surface area contributed by atoms with Crippen molar-refractivity contribution < 1.29 is 4.79 Å². The van der Waals surface area contributed by atoms with Crippen LogP contribution >= 0.6 is 0 Å². The number of hydrogen-bond acceptors (Lipinski definition) is 4. The standard InChI is InChI=1S/C12H18N4O/c1-9-6-12(14-8-13-9)15-11-4-3-5-16(7-11)10(2)17/h6,8,11H,3-5,7H2,1-2H3,(H,13,14,15). The molecule has 1 aliphatic rings. The van der Waals surface area contributed by atoms with Crippen molar-refractivity contribution in [1.29, 1.82) is 0 Å². The number of hydrogen-bond donors (Lipinski definition) is 1. The number of likely N-dealkylation sites (tertiary alicyclic amines) is 1. The van der Waals surface area contributed by atoms with E-state index in [1.807, 2.05) is 17.9 Å². The molecular formula is C12H18N4O. The molecular weight excluding hydrogens is 216 g/mol. The third-order valence-corrected chi connectivity index (χ3v) is 3.02. The Kier molecular flexibility index (Phi) is 3.56. The van der Waals surface area contributed by atoms with Gasteiger partial charge in [0.1, 0.15) is 12.1 Å². The summed E-state index contributed by atoms with van der Waals surface area (Å²) in [6.45, 7) is 5.20. The first-order valence-electron chi connectivity index (χ1n) is 5.96. The molecule has 2 rings (SSSR count). The molecule has 1 amide bonds. The van der Waals surface area contributed by atoms with Crippen molar-refractivity contribution in [1.82, 2.24) is 14.9 Å². The Balaban J connectivity index is 1.97. The number of aromatic nitrogens is 2. The number of aryl methyl sites for hydroxylation is 1. The Labute approximate surface area is 101 Å². The summed E-state index contributed by atoms with van der Waals surface area (Å²) in [7, 11) is 0. The van der Waals surface area contributed by atoms with Crippen LogP contribution in [0.1, 0.15) is 25.5 Å². The molecule has 5 heteroatoms. The van der Waals surface area contributed by atoms with E-state index in [2.05, 4.69) is 15.3 Å². The summed E-state index contributed by atoms with van der Waals surface area (Å²) in [5.41, 5.74) is 0.946. The van der Waals surface area contributed by atoms with Gasteiger partial charge in [0.2, 0.25) is 5.91 Å². The van der Waals surface area contributed by atoms with Crippen LogP contribution in [0.5, 0.6) is 0 Å². The minimum absolute atomic E-state index is 0.148. The maximum atomic E-state index is 11.3. The fraction of sp³-hybridized carbons (Fsp3) is 0.583. The van der Waals surface area contributed by atoms with Gasteiger partial charge in [-0.05, 0) is 19.8 Å². The van der Waals surface area contributed by atoms with Crippen LogP contribution in [-0.4, -0.2) is 39.9 Å². The number of nitrogens with one attached hydrogen (secondary N) is 1. The molecule has 1 saturated heterocycles. The van der Waals surface area contributed by atoms with E-state index in [-0.39, 0.29) is 5.91 Å². The second-order valence-corrected chi connectivity index (χ2v) is 4.49. The molecule has 5 nitrogen and oxygen atoms in total. The van der Waals surface area contributed by atoms with Crippen molar-refractivity contribution in [2.45, 2.75) is 32.7 Å². The van der Waals surface area contributed by atoms with E-state index in [1.54, 1.807) is 13.3 Å². The molecule has 0 radical (unpaired) electrons. The quantitative estimate of drug-likeness (QED) is 0.835. The summed E-state index contributed by atoms with van der Waals surface area (Å²) in [6, 6.07) is 2.22. The molecule has 17 heavy (non-hydrogen) atoms. The molecule has 1 aromatic heterocycles. The Morgan fingerprint density at radius 2 is 2.35 bits per heavy atom. The molecule has 1 N–H and O–H groups in total. The highest BCUT2D eigenvalue weighted by molar-refractivity contribution is 5.73. The van der Waals surface area contributed by atoms with Crippen LogP contribution in [0.3, 0.4) is 0 Å². The maximum absolute atomic E-state index is 11.3. The second-order valence-electron chi connectivity index (χ2n) is 4.49. The first-order valence-corrected chi connectivity index (χ1v) is 5.96. The van der Waals surface area contributed by atoms with Gasteiger partial charge in [0, 0.05) is 37.8 Å². The van der Waals surface area contributed by atoms with Gasteiger partial charge in [0.15, 0.2) is 0 Å². The molecule has 1 unspecified atom stereocenters. The van der Waals surface area contributed by atoms with Gasteiger partial charge in [-0.25, -0.2) is 9.97 Å². The van der Waals surface area contributed by atoms with Gasteiger partial charge in [0.25, 0.3) is 0 Å². The van der Waals surface area contributed by atoms with Crippen LogP contribution in [0.4, 0.5) is 5.82 Å². The minimum atomic E-state index is 0.148. The van der Waals surface area contributed by atoms with Crippen LogP contribution in [0.15, 0.2) is 12.4 Å². The summed E-state index contributed by atoms with van der Waals surface area (Å²) in [5, 5.41) is 3.36. The van der Waals surface area contributed by atoms with E-state index in [0.717, 1.165) is 37.4 Å². The van der Waals surface area contributed by atoms with E-state index in [0.29, 0.717) is 6.04 Å². The van der Waals surface area contributed by atoms with Crippen molar-refractivity contribution in [2.75, 3.05) is 18.4 Å². The van der Waals surface area contributed by atoms with Gasteiger partial charge in [-0.15, -0.1) is 0 Å². The lowest BCUT2D eigenvalue weighted by molar-refractivity contribution is -0.129. The monoisotopic (exact) mass is 234 g/mol. The largest absolute Gasteiger partial charge is 0.365 e. The number of carbonyl (C=O) groups is 1. The van der Waals surface area contributed by atoms with E-state index in [1.165, 1.54) is 0 Å².